The van der Waals surface area contributed by atoms with Crippen LogP contribution < -0.4 is 5.73 Å². The molecule has 2 aromatic rings. The van der Waals surface area contributed by atoms with Crippen molar-refractivity contribution in [3.8, 4) is 0 Å². The molecule has 1 unspecified atom stereocenters. The SMILES string of the molecule is Cc1cccc(C(CN)Cc2c(Cl)cccc2Cl)c1. The van der Waals surface area contributed by atoms with Crippen molar-refractivity contribution in [2.75, 3.05) is 6.54 Å². The predicted molar refractivity (Wildman–Crippen MR) is 83.1 cm³/mol. The first kappa shape index (κ1) is 14.4. The molecule has 0 aliphatic rings. The number of benzene rings is 2. The summed E-state index contributed by atoms with van der Waals surface area (Å²) in [6, 6.07) is 14.0. The van der Waals surface area contributed by atoms with Gasteiger partial charge in [0.2, 0.25) is 0 Å². The second kappa shape index (κ2) is 6.42. The van der Waals surface area contributed by atoms with Gasteiger partial charge in [0.1, 0.15) is 0 Å². The minimum absolute atomic E-state index is 0.234. The number of halogens is 2. The Bertz CT molecular complexity index is 546. The summed E-state index contributed by atoms with van der Waals surface area (Å²) < 4.78 is 0. The van der Waals surface area contributed by atoms with Gasteiger partial charge in [-0.05, 0) is 43.1 Å². The first-order chi connectivity index (χ1) is 9.11. The molecule has 0 saturated heterocycles. The van der Waals surface area contributed by atoms with Crippen molar-refractivity contribution in [3.63, 3.8) is 0 Å². The van der Waals surface area contributed by atoms with Crippen LogP contribution in [-0.2, 0) is 6.42 Å². The monoisotopic (exact) mass is 293 g/mol. The Morgan fingerprint density at radius 3 is 2.26 bits per heavy atom. The second-order valence-electron chi connectivity index (χ2n) is 4.75. The van der Waals surface area contributed by atoms with Crippen LogP contribution in [0.15, 0.2) is 42.5 Å². The largest absolute Gasteiger partial charge is 0.330 e. The minimum atomic E-state index is 0.234. The van der Waals surface area contributed by atoms with Crippen molar-refractivity contribution in [2.45, 2.75) is 19.3 Å². The van der Waals surface area contributed by atoms with Gasteiger partial charge in [-0.1, -0.05) is 59.1 Å². The van der Waals surface area contributed by atoms with Crippen molar-refractivity contribution in [3.05, 3.63) is 69.2 Å². The van der Waals surface area contributed by atoms with Crippen LogP contribution in [0.3, 0.4) is 0 Å². The molecule has 2 N–H and O–H groups in total. The molecule has 2 rings (SSSR count). The third kappa shape index (κ3) is 3.50. The summed E-state index contributed by atoms with van der Waals surface area (Å²) in [7, 11) is 0. The van der Waals surface area contributed by atoms with E-state index in [9.17, 15) is 0 Å². The summed E-state index contributed by atoms with van der Waals surface area (Å²) in [4.78, 5) is 0. The molecule has 0 bridgehead atoms. The number of rotatable bonds is 4. The third-order valence-corrected chi connectivity index (χ3v) is 4.02. The molecule has 100 valence electrons. The highest BCUT2D eigenvalue weighted by Crippen LogP contribution is 2.30. The summed E-state index contributed by atoms with van der Waals surface area (Å²) in [6.07, 6.45) is 0.762. The molecule has 2 aromatic carbocycles. The molecule has 19 heavy (non-hydrogen) atoms. The molecule has 3 heteroatoms. The summed E-state index contributed by atoms with van der Waals surface area (Å²) in [5.41, 5.74) is 9.36. The smallest absolute Gasteiger partial charge is 0.0453 e. The van der Waals surface area contributed by atoms with Crippen LogP contribution in [0.25, 0.3) is 0 Å². The fourth-order valence-electron chi connectivity index (χ4n) is 2.24. The van der Waals surface area contributed by atoms with Gasteiger partial charge in [-0.15, -0.1) is 0 Å². The highest BCUT2D eigenvalue weighted by molar-refractivity contribution is 6.36. The molecule has 0 heterocycles. The van der Waals surface area contributed by atoms with Gasteiger partial charge in [-0.2, -0.15) is 0 Å². The van der Waals surface area contributed by atoms with Crippen molar-refractivity contribution in [2.24, 2.45) is 5.73 Å². The topological polar surface area (TPSA) is 26.0 Å². The van der Waals surface area contributed by atoms with Crippen molar-refractivity contribution >= 4 is 23.2 Å². The van der Waals surface area contributed by atoms with Crippen LogP contribution in [0.5, 0.6) is 0 Å². The summed E-state index contributed by atoms with van der Waals surface area (Å²) in [5.74, 6) is 0.234. The average molecular weight is 294 g/mol. The lowest BCUT2D eigenvalue weighted by Gasteiger charge is -2.17. The number of hydrogen-bond donors (Lipinski definition) is 1. The van der Waals surface area contributed by atoms with Crippen molar-refractivity contribution in [1.29, 1.82) is 0 Å². The molecule has 0 amide bonds. The van der Waals surface area contributed by atoms with Crippen molar-refractivity contribution in [1.82, 2.24) is 0 Å². The van der Waals surface area contributed by atoms with E-state index < -0.39 is 0 Å². The lowest BCUT2D eigenvalue weighted by molar-refractivity contribution is 0.694. The standard InChI is InChI=1S/C16H17Cl2N/c1-11-4-2-5-12(8-11)13(10-19)9-14-15(17)6-3-7-16(14)18/h2-8,13H,9-10,19H2,1H3. The van der Waals surface area contributed by atoms with E-state index in [0.717, 1.165) is 12.0 Å². The van der Waals surface area contributed by atoms with E-state index >= 15 is 0 Å². The maximum atomic E-state index is 6.22. The molecule has 0 fully saturated rings. The molecule has 0 radical (unpaired) electrons. The van der Waals surface area contributed by atoms with Crippen molar-refractivity contribution < 1.29 is 0 Å². The highest BCUT2D eigenvalue weighted by Gasteiger charge is 2.15. The van der Waals surface area contributed by atoms with Gasteiger partial charge in [0, 0.05) is 16.0 Å². The first-order valence-electron chi connectivity index (χ1n) is 6.31. The number of hydrogen-bond acceptors (Lipinski definition) is 1. The van der Waals surface area contributed by atoms with Gasteiger partial charge in [0.05, 0.1) is 0 Å². The van der Waals surface area contributed by atoms with E-state index in [4.69, 9.17) is 28.9 Å². The second-order valence-corrected chi connectivity index (χ2v) is 5.57. The van der Waals surface area contributed by atoms with Gasteiger partial charge < -0.3 is 5.73 Å². The minimum Gasteiger partial charge on any atom is -0.330 e. The van der Waals surface area contributed by atoms with E-state index in [0.29, 0.717) is 16.6 Å². The quantitative estimate of drug-likeness (QED) is 0.877. The van der Waals surface area contributed by atoms with E-state index in [1.54, 1.807) is 0 Å². The Hall–Kier alpha value is -1.02. The van der Waals surface area contributed by atoms with Crippen LogP contribution in [0.1, 0.15) is 22.6 Å². The lowest BCUT2D eigenvalue weighted by atomic mass is 9.91. The molecule has 0 aliphatic heterocycles. The Balaban J connectivity index is 2.29. The summed E-state index contributed by atoms with van der Waals surface area (Å²) >= 11 is 12.4. The molecule has 0 aliphatic carbocycles. The molecule has 0 spiro atoms. The summed E-state index contributed by atoms with van der Waals surface area (Å²) in [5, 5.41) is 1.41. The summed E-state index contributed by atoms with van der Waals surface area (Å²) in [6.45, 7) is 2.66. The first-order valence-corrected chi connectivity index (χ1v) is 7.07. The van der Waals surface area contributed by atoms with E-state index in [1.165, 1.54) is 11.1 Å². The number of nitrogens with two attached hydrogens (primary N) is 1. The zero-order valence-electron chi connectivity index (χ0n) is 10.9. The van der Waals surface area contributed by atoms with E-state index in [1.807, 2.05) is 18.2 Å². The number of aryl methyl sites for hydroxylation is 1. The lowest BCUT2D eigenvalue weighted by Crippen LogP contribution is -2.15. The molecule has 0 aromatic heterocycles. The van der Waals surface area contributed by atoms with Gasteiger partial charge in [-0.25, -0.2) is 0 Å². The normalized spacial score (nSPS) is 12.4. The molecule has 0 saturated carbocycles. The van der Waals surface area contributed by atoms with Gasteiger partial charge in [0.25, 0.3) is 0 Å². The molecule has 1 atom stereocenters. The third-order valence-electron chi connectivity index (χ3n) is 3.31. The van der Waals surface area contributed by atoms with E-state index in [-0.39, 0.29) is 5.92 Å². The average Bonchev–Trinajstić information content (AvgIpc) is 2.38. The van der Waals surface area contributed by atoms with Crippen LogP contribution in [0.4, 0.5) is 0 Å². The van der Waals surface area contributed by atoms with Gasteiger partial charge >= 0.3 is 0 Å². The Labute approximate surface area is 124 Å². The molecular weight excluding hydrogens is 277 g/mol. The molecular formula is C16H17Cl2N. The Kier molecular flexibility index (Phi) is 4.87. The maximum Gasteiger partial charge on any atom is 0.0453 e. The van der Waals surface area contributed by atoms with Gasteiger partial charge in [0.15, 0.2) is 0 Å². The molecule has 1 nitrogen and oxygen atoms in total. The zero-order chi connectivity index (χ0) is 13.8. The zero-order valence-corrected chi connectivity index (χ0v) is 12.4. The predicted octanol–water partition coefficient (Wildman–Crippen LogP) is 4.59. The van der Waals surface area contributed by atoms with Gasteiger partial charge in [-0.3, -0.25) is 0 Å². The highest BCUT2D eigenvalue weighted by atomic mass is 35.5. The van der Waals surface area contributed by atoms with Crippen LogP contribution in [-0.4, -0.2) is 6.54 Å². The fourth-order valence-corrected chi connectivity index (χ4v) is 2.79. The Morgan fingerprint density at radius 2 is 1.68 bits per heavy atom. The van der Waals surface area contributed by atoms with Crippen LogP contribution in [0, 0.1) is 6.92 Å². The van der Waals surface area contributed by atoms with Crippen LogP contribution in [0.2, 0.25) is 10.0 Å². The van der Waals surface area contributed by atoms with Crippen LogP contribution >= 0.6 is 23.2 Å². The Morgan fingerprint density at radius 1 is 1.05 bits per heavy atom. The van der Waals surface area contributed by atoms with E-state index in [2.05, 4.69) is 31.2 Å². The maximum absolute atomic E-state index is 6.22. The fraction of sp³-hybridized carbons (Fsp3) is 0.250.